The van der Waals surface area contributed by atoms with Crippen LogP contribution in [0.2, 0.25) is 0 Å². The van der Waals surface area contributed by atoms with Crippen LogP contribution in [0.25, 0.3) is 11.2 Å². The fourth-order valence-corrected chi connectivity index (χ4v) is 2.33. The highest BCUT2D eigenvalue weighted by atomic mass is 35.5. The largest absolute Gasteiger partial charge is 0.466 e. The molecule has 1 aliphatic heterocycles. The molecule has 3 rings (SSSR count). The van der Waals surface area contributed by atoms with Crippen LogP contribution in [0.4, 0.5) is 5.82 Å². The lowest BCUT2D eigenvalue weighted by Crippen LogP contribution is -2.27. The van der Waals surface area contributed by atoms with Crippen LogP contribution in [0.1, 0.15) is 6.23 Å². The molecule has 1 saturated heterocycles. The lowest BCUT2D eigenvalue weighted by molar-refractivity contribution is -0.0118. The minimum Gasteiger partial charge on any atom is -0.466 e. The molecule has 20 heavy (non-hydrogen) atoms. The van der Waals surface area contributed by atoms with Gasteiger partial charge in [-0.2, -0.15) is 0 Å². The Bertz CT molecular complexity index is 699. The molecule has 0 aliphatic carbocycles. The highest BCUT2D eigenvalue weighted by Crippen LogP contribution is 2.37. The Kier molecular flexibility index (Phi) is 3.17. The molecule has 0 aromatic carbocycles. The molecule has 2 aromatic heterocycles. The van der Waals surface area contributed by atoms with Gasteiger partial charge in [0.2, 0.25) is 6.23 Å². The van der Waals surface area contributed by atoms with Crippen molar-refractivity contribution in [1.82, 2.24) is 19.5 Å². The Morgan fingerprint density at radius 2 is 2.05 bits per heavy atom. The second-order valence-corrected chi connectivity index (χ2v) is 5.10. The van der Waals surface area contributed by atoms with Gasteiger partial charge in [0.05, 0.1) is 0 Å². The number of fused-ring (bicyclic) bond motifs is 1. The number of nitrogens with two attached hydrogens (primary N) is 1. The summed E-state index contributed by atoms with van der Waals surface area (Å²) in [4.78, 5) is 11.9. The highest BCUT2D eigenvalue weighted by Gasteiger charge is 2.43. The Morgan fingerprint density at radius 3 is 2.70 bits per heavy atom. The molecular formula is C10H9Cl2N5O3. The molecule has 0 saturated carbocycles. The van der Waals surface area contributed by atoms with Crippen molar-refractivity contribution >= 4 is 40.2 Å². The highest BCUT2D eigenvalue weighted by molar-refractivity contribution is 6.56. The Morgan fingerprint density at radius 1 is 1.30 bits per heavy atom. The summed E-state index contributed by atoms with van der Waals surface area (Å²) in [5.74, 6) is 0.0997. The lowest BCUT2D eigenvalue weighted by atomic mass is 10.2. The zero-order valence-electron chi connectivity index (χ0n) is 9.81. The summed E-state index contributed by atoms with van der Waals surface area (Å²) in [6.07, 6.45) is -0.931. The minimum absolute atomic E-state index is 0.102. The molecule has 4 N–H and O–H groups in total. The first-order chi connectivity index (χ1) is 9.50. The molecule has 3 atom stereocenters. The Balaban J connectivity index is 2.09. The number of hydrogen-bond acceptors (Lipinski definition) is 7. The smallest absolute Gasteiger partial charge is 0.207 e. The molecule has 1 fully saturated rings. The summed E-state index contributed by atoms with van der Waals surface area (Å²) in [6.45, 7) is 0. The first kappa shape index (κ1) is 13.4. The van der Waals surface area contributed by atoms with Crippen molar-refractivity contribution in [3.8, 4) is 0 Å². The van der Waals surface area contributed by atoms with Crippen molar-refractivity contribution in [3.63, 3.8) is 0 Å². The van der Waals surface area contributed by atoms with E-state index in [0.717, 1.165) is 0 Å². The summed E-state index contributed by atoms with van der Waals surface area (Å²) in [6, 6.07) is 0. The number of ether oxygens (including phenoxy) is 1. The number of nitrogens with zero attached hydrogens (tertiary/aromatic N) is 4. The van der Waals surface area contributed by atoms with Crippen molar-refractivity contribution in [1.29, 1.82) is 0 Å². The maximum absolute atomic E-state index is 10.0. The van der Waals surface area contributed by atoms with E-state index in [2.05, 4.69) is 15.0 Å². The second-order valence-electron chi connectivity index (χ2n) is 4.15. The van der Waals surface area contributed by atoms with Crippen molar-refractivity contribution in [2.45, 2.75) is 18.4 Å². The van der Waals surface area contributed by atoms with E-state index < -0.39 is 18.4 Å². The van der Waals surface area contributed by atoms with Crippen molar-refractivity contribution in [2.24, 2.45) is 0 Å². The molecule has 106 valence electrons. The molecule has 3 heterocycles. The van der Waals surface area contributed by atoms with Crippen LogP contribution >= 0.6 is 23.2 Å². The van der Waals surface area contributed by atoms with Crippen molar-refractivity contribution < 1.29 is 14.9 Å². The summed E-state index contributed by atoms with van der Waals surface area (Å²) in [7, 11) is 0. The van der Waals surface area contributed by atoms with Gasteiger partial charge in [0.25, 0.3) is 0 Å². The van der Waals surface area contributed by atoms with Crippen LogP contribution in [-0.4, -0.2) is 41.9 Å². The lowest BCUT2D eigenvalue weighted by Gasteiger charge is -2.15. The van der Waals surface area contributed by atoms with E-state index in [1.54, 1.807) is 0 Å². The van der Waals surface area contributed by atoms with Crippen molar-refractivity contribution in [2.75, 3.05) is 5.73 Å². The third-order valence-corrected chi connectivity index (χ3v) is 3.35. The predicted molar refractivity (Wildman–Crippen MR) is 70.6 cm³/mol. The SMILES string of the molecule is Nc1ncnc2c1ncn2[C@@H]1OC(=C(Cl)Cl)[C@@H](O)[C@H]1O. The maximum atomic E-state index is 10.0. The van der Waals surface area contributed by atoms with E-state index >= 15 is 0 Å². The van der Waals surface area contributed by atoms with Crippen molar-refractivity contribution in [3.05, 3.63) is 22.9 Å². The monoisotopic (exact) mass is 317 g/mol. The van der Waals surface area contributed by atoms with Crippen LogP contribution in [0.3, 0.4) is 0 Å². The number of aromatic nitrogens is 4. The number of aliphatic hydroxyl groups is 2. The van der Waals surface area contributed by atoms with E-state index in [9.17, 15) is 10.2 Å². The number of anilines is 1. The van der Waals surface area contributed by atoms with Gasteiger partial charge in [0.15, 0.2) is 17.2 Å². The van der Waals surface area contributed by atoms with E-state index in [1.165, 1.54) is 17.2 Å². The molecule has 0 unspecified atom stereocenters. The zero-order chi connectivity index (χ0) is 14.4. The minimum atomic E-state index is -1.33. The summed E-state index contributed by atoms with van der Waals surface area (Å²) in [5, 5.41) is 19.9. The first-order valence-corrected chi connectivity index (χ1v) is 6.27. The van der Waals surface area contributed by atoms with Gasteiger partial charge in [0.1, 0.15) is 34.9 Å². The molecule has 0 bridgehead atoms. The van der Waals surface area contributed by atoms with Gasteiger partial charge in [0, 0.05) is 0 Å². The summed E-state index contributed by atoms with van der Waals surface area (Å²) in [5.41, 5.74) is 6.40. The number of imidazole rings is 1. The van der Waals surface area contributed by atoms with Crippen LogP contribution in [-0.2, 0) is 4.74 Å². The van der Waals surface area contributed by atoms with Gasteiger partial charge in [-0.3, -0.25) is 4.57 Å². The van der Waals surface area contributed by atoms with Gasteiger partial charge >= 0.3 is 0 Å². The quantitative estimate of drug-likeness (QED) is 0.692. The molecule has 1 aliphatic rings. The van der Waals surface area contributed by atoms with E-state index in [0.29, 0.717) is 11.2 Å². The molecule has 2 aromatic rings. The second kappa shape index (κ2) is 4.74. The molecule has 10 heteroatoms. The van der Waals surface area contributed by atoms with Gasteiger partial charge in [-0.25, -0.2) is 15.0 Å². The number of halogens is 2. The van der Waals surface area contributed by atoms with E-state index in [-0.39, 0.29) is 16.1 Å². The van der Waals surface area contributed by atoms with Crippen LogP contribution in [0, 0.1) is 0 Å². The number of rotatable bonds is 1. The predicted octanol–water partition coefficient (Wildman–Crippen LogP) is 0.306. The van der Waals surface area contributed by atoms with Crippen LogP contribution in [0.15, 0.2) is 22.9 Å². The number of hydrogen-bond donors (Lipinski definition) is 3. The summed E-state index contributed by atoms with van der Waals surface area (Å²) < 4.78 is 6.55. The fraction of sp³-hybridized carbons (Fsp3) is 0.300. The first-order valence-electron chi connectivity index (χ1n) is 5.51. The zero-order valence-corrected chi connectivity index (χ0v) is 11.3. The molecule has 0 radical (unpaired) electrons. The van der Waals surface area contributed by atoms with Crippen LogP contribution < -0.4 is 5.73 Å². The molecule has 8 nitrogen and oxygen atoms in total. The van der Waals surface area contributed by atoms with Crippen LogP contribution in [0.5, 0.6) is 0 Å². The number of aliphatic hydroxyl groups excluding tert-OH is 2. The van der Waals surface area contributed by atoms with Gasteiger partial charge in [-0.1, -0.05) is 23.2 Å². The Labute approximate surface area is 122 Å². The summed E-state index contributed by atoms with van der Waals surface area (Å²) >= 11 is 11.2. The third kappa shape index (κ3) is 1.88. The van der Waals surface area contributed by atoms with E-state index in [1.807, 2.05) is 0 Å². The average molecular weight is 318 g/mol. The molecule has 0 spiro atoms. The third-order valence-electron chi connectivity index (χ3n) is 2.98. The topological polar surface area (TPSA) is 119 Å². The average Bonchev–Trinajstić information content (AvgIpc) is 2.94. The standard InChI is InChI=1S/C10H9Cl2N5O3/c11-7(12)6-4(18)5(19)10(20-6)17-2-16-3-8(13)14-1-15-9(3)17/h1-2,4-5,10,18-19H,(H2,13,14,15)/t4-,5+,10+/m0/s1. The molecular weight excluding hydrogens is 309 g/mol. The fourth-order valence-electron chi connectivity index (χ4n) is 2.01. The Hall–Kier alpha value is -1.61. The normalized spacial score (nSPS) is 26.0. The molecule has 0 amide bonds. The van der Waals surface area contributed by atoms with Gasteiger partial charge in [-0.05, 0) is 0 Å². The number of nitrogen functional groups attached to an aromatic ring is 1. The van der Waals surface area contributed by atoms with Gasteiger partial charge in [-0.15, -0.1) is 0 Å². The van der Waals surface area contributed by atoms with Gasteiger partial charge < -0.3 is 20.7 Å². The van der Waals surface area contributed by atoms with E-state index in [4.69, 9.17) is 33.7 Å². The maximum Gasteiger partial charge on any atom is 0.207 e.